The summed E-state index contributed by atoms with van der Waals surface area (Å²) in [5, 5.41) is 9.93. The number of fused-ring (bicyclic) bond motifs is 1. The minimum atomic E-state index is -0.133. The third-order valence-corrected chi connectivity index (χ3v) is 7.63. The molecule has 0 unspecified atom stereocenters. The van der Waals surface area contributed by atoms with Crippen molar-refractivity contribution in [3.05, 3.63) is 129 Å². The van der Waals surface area contributed by atoms with Crippen LogP contribution < -0.4 is 10.4 Å². The predicted molar refractivity (Wildman–Crippen MR) is 165 cm³/mol. The number of para-hydroxylation sites is 1. The molecule has 0 aliphatic carbocycles. The predicted octanol–water partition coefficient (Wildman–Crippen LogP) is 6.85. The molecule has 0 saturated heterocycles. The Morgan fingerprint density at radius 2 is 1.52 bits per heavy atom. The fraction of sp³-hybridized carbons (Fsp3) is 0.182. The molecular formula is C33H30Cl2N4O3. The van der Waals surface area contributed by atoms with Crippen LogP contribution in [0.15, 0.2) is 97.1 Å². The molecule has 9 heteroatoms. The van der Waals surface area contributed by atoms with Gasteiger partial charge in [-0.3, -0.25) is 15.0 Å². The Morgan fingerprint density at radius 3 is 2.24 bits per heavy atom. The van der Waals surface area contributed by atoms with Gasteiger partial charge in [0.05, 0.1) is 22.6 Å². The van der Waals surface area contributed by atoms with Gasteiger partial charge in [0.2, 0.25) is 5.62 Å². The average Bonchev–Trinajstić information content (AvgIpc) is 3.27. The molecule has 5 aromatic rings. The molecule has 0 atom stereocenters. The number of rotatable bonds is 11. The van der Waals surface area contributed by atoms with E-state index >= 15 is 0 Å². The standard InChI is InChI=1S/C33H30Cl2N4O3/c1-37(32(41)25-13-17-27(18-14-25)42-22-23-7-3-2-4-8-23)19-6-20-38-31-28(35)9-5-10-29(31)39(33(38)36)21-30(40)24-11-15-26(34)16-12-24/h2-5,7-18,36H,6,19-22H2,1H3. The van der Waals surface area contributed by atoms with Crippen LogP contribution in [-0.2, 0) is 19.7 Å². The van der Waals surface area contributed by atoms with E-state index < -0.39 is 0 Å². The van der Waals surface area contributed by atoms with Gasteiger partial charge >= 0.3 is 0 Å². The zero-order chi connectivity index (χ0) is 29.6. The van der Waals surface area contributed by atoms with E-state index in [-0.39, 0.29) is 23.9 Å². The number of carbonyl (C=O) groups excluding carboxylic acids is 2. The molecule has 1 aromatic heterocycles. The summed E-state index contributed by atoms with van der Waals surface area (Å²) in [6.45, 7) is 1.37. The molecular weight excluding hydrogens is 571 g/mol. The lowest BCUT2D eigenvalue weighted by Gasteiger charge is -2.18. The molecule has 1 heterocycles. The molecule has 214 valence electrons. The number of aryl methyl sites for hydroxylation is 1. The number of ether oxygens (including phenoxy) is 1. The Hall–Kier alpha value is -4.33. The molecule has 0 fully saturated rings. The number of ketones is 1. The van der Waals surface area contributed by atoms with Gasteiger partial charge in [0.1, 0.15) is 12.4 Å². The summed E-state index contributed by atoms with van der Waals surface area (Å²) in [4.78, 5) is 27.7. The van der Waals surface area contributed by atoms with E-state index in [9.17, 15) is 9.59 Å². The maximum absolute atomic E-state index is 13.1. The number of nitrogens with zero attached hydrogens (tertiary/aromatic N) is 3. The fourth-order valence-corrected chi connectivity index (χ4v) is 5.22. The molecule has 5 rings (SSSR count). The molecule has 0 radical (unpaired) electrons. The van der Waals surface area contributed by atoms with Gasteiger partial charge in [0, 0.05) is 36.3 Å². The van der Waals surface area contributed by atoms with E-state index in [0.29, 0.717) is 64.1 Å². The minimum absolute atomic E-state index is 0.00620. The lowest BCUT2D eigenvalue weighted by molar-refractivity contribution is 0.0791. The monoisotopic (exact) mass is 600 g/mol. The maximum Gasteiger partial charge on any atom is 0.253 e. The van der Waals surface area contributed by atoms with Crippen molar-refractivity contribution in [3.63, 3.8) is 0 Å². The van der Waals surface area contributed by atoms with Crippen LogP contribution in [0.4, 0.5) is 0 Å². The van der Waals surface area contributed by atoms with Crippen molar-refractivity contribution < 1.29 is 14.3 Å². The van der Waals surface area contributed by atoms with Gasteiger partial charge in [0.25, 0.3) is 5.91 Å². The molecule has 7 nitrogen and oxygen atoms in total. The number of halogens is 2. The first kappa shape index (κ1) is 29.2. The molecule has 1 amide bonds. The van der Waals surface area contributed by atoms with Crippen molar-refractivity contribution in [1.29, 1.82) is 5.41 Å². The second-order valence-corrected chi connectivity index (χ2v) is 10.8. The van der Waals surface area contributed by atoms with Crippen LogP contribution in [0.5, 0.6) is 5.75 Å². The van der Waals surface area contributed by atoms with Gasteiger partial charge in [-0.25, -0.2) is 0 Å². The number of benzene rings is 4. The Labute approximate surface area is 254 Å². The van der Waals surface area contributed by atoms with Crippen molar-refractivity contribution >= 4 is 45.9 Å². The second kappa shape index (κ2) is 13.1. The van der Waals surface area contributed by atoms with Crippen LogP contribution in [0.1, 0.15) is 32.7 Å². The summed E-state index contributed by atoms with van der Waals surface area (Å²) >= 11 is 12.5. The third kappa shape index (κ3) is 6.59. The van der Waals surface area contributed by atoms with E-state index in [4.69, 9.17) is 33.3 Å². The third-order valence-electron chi connectivity index (χ3n) is 7.08. The summed E-state index contributed by atoms with van der Waals surface area (Å²) < 4.78 is 9.29. The summed E-state index contributed by atoms with van der Waals surface area (Å²) in [5.41, 5.74) is 3.72. The first-order chi connectivity index (χ1) is 20.3. The first-order valence-corrected chi connectivity index (χ1v) is 14.3. The van der Waals surface area contributed by atoms with E-state index in [1.807, 2.05) is 42.5 Å². The van der Waals surface area contributed by atoms with Crippen molar-refractivity contribution in [1.82, 2.24) is 14.0 Å². The van der Waals surface area contributed by atoms with Crippen LogP contribution in [0, 0.1) is 5.41 Å². The van der Waals surface area contributed by atoms with Gasteiger partial charge in [-0.1, -0.05) is 59.6 Å². The highest BCUT2D eigenvalue weighted by Crippen LogP contribution is 2.24. The quantitative estimate of drug-likeness (QED) is 0.168. The molecule has 1 N–H and O–H groups in total. The summed E-state index contributed by atoms with van der Waals surface area (Å²) in [5.74, 6) is 0.459. The zero-order valence-corrected chi connectivity index (χ0v) is 24.6. The fourth-order valence-electron chi connectivity index (χ4n) is 4.83. The number of aromatic nitrogens is 2. The highest BCUT2D eigenvalue weighted by molar-refractivity contribution is 6.35. The Morgan fingerprint density at radius 1 is 0.833 bits per heavy atom. The minimum Gasteiger partial charge on any atom is -0.489 e. The van der Waals surface area contributed by atoms with Crippen LogP contribution in [0.25, 0.3) is 11.0 Å². The Balaban J connectivity index is 1.23. The van der Waals surface area contributed by atoms with Crippen molar-refractivity contribution in [2.45, 2.75) is 26.1 Å². The number of Topliss-reactive ketones (excluding diaryl/α,β-unsaturated/α-hetero) is 1. The molecule has 0 aliphatic rings. The molecule has 0 bridgehead atoms. The number of carbonyl (C=O) groups is 2. The van der Waals surface area contributed by atoms with Crippen molar-refractivity contribution in [2.75, 3.05) is 13.6 Å². The van der Waals surface area contributed by atoms with Gasteiger partial charge in [0.15, 0.2) is 5.78 Å². The van der Waals surface area contributed by atoms with E-state index in [1.165, 1.54) is 0 Å². The number of amides is 1. The van der Waals surface area contributed by atoms with Gasteiger partial charge in [-0.15, -0.1) is 0 Å². The van der Waals surface area contributed by atoms with Crippen LogP contribution in [0.2, 0.25) is 10.0 Å². The number of hydrogen-bond acceptors (Lipinski definition) is 4. The Bertz CT molecular complexity index is 1760. The highest BCUT2D eigenvalue weighted by atomic mass is 35.5. The van der Waals surface area contributed by atoms with E-state index in [0.717, 1.165) is 5.56 Å². The number of hydrogen-bond donors (Lipinski definition) is 1. The summed E-state index contributed by atoms with van der Waals surface area (Å²) in [6, 6.07) is 29.2. The SMILES string of the molecule is CN(CCCn1c(=N)n(CC(=O)c2ccc(Cl)cc2)c2cccc(Cl)c21)C(=O)c1ccc(OCc2ccccc2)cc1. The van der Waals surface area contributed by atoms with Gasteiger partial charge in [-0.2, -0.15) is 0 Å². The van der Waals surface area contributed by atoms with E-state index in [2.05, 4.69) is 0 Å². The summed E-state index contributed by atoms with van der Waals surface area (Å²) in [6.07, 6.45) is 0.590. The lowest BCUT2D eigenvalue weighted by atomic mass is 10.1. The van der Waals surface area contributed by atoms with Gasteiger partial charge < -0.3 is 18.8 Å². The Kier molecular flexibility index (Phi) is 9.10. The van der Waals surface area contributed by atoms with Gasteiger partial charge in [-0.05, 0) is 72.6 Å². The molecule has 0 saturated carbocycles. The molecule has 42 heavy (non-hydrogen) atoms. The average molecular weight is 602 g/mol. The number of nitrogens with one attached hydrogen (secondary N) is 1. The molecule has 0 spiro atoms. The van der Waals surface area contributed by atoms with Crippen LogP contribution in [-0.4, -0.2) is 39.3 Å². The zero-order valence-electron chi connectivity index (χ0n) is 23.1. The van der Waals surface area contributed by atoms with Crippen LogP contribution in [0.3, 0.4) is 0 Å². The first-order valence-electron chi connectivity index (χ1n) is 13.5. The maximum atomic E-state index is 13.1. The topological polar surface area (TPSA) is 80.3 Å². The van der Waals surface area contributed by atoms with Crippen molar-refractivity contribution in [2.24, 2.45) is 0 Å². The molecule has 4 aromatic carbocycles. The highest BCUT2D eigenvalue weighted by Gasteiger charge is 2.18. The summed E-state index contributed by atoms with van der Waals surface area (Å²) in [7, 11) is 1.76. The largest absolute Gasteiger partial charge is 0.489 e. The number of imidazole rings is 1. The smallest absolute Gasteiger partial charge is 0.253 e. The second-order valence-electron chi connectivity index (χ2n) is 9.98. The lowest BCUT2D eigenvalue weighted by Crippen LogP contribution is -2.30. The van der Waals surface area contributed by atoms with Crippen molar-refractivity contribution in [3.8, 4) is 5.75 Å². The molecule has 0 aliphatic heterocycles. The van der Waals surface area contributed by atoms with E-state index in [1.54, 1.807) is 75.7 Å². The van der Waals surface area contributed by atoms with Crippen LogP contribution >= 0.6 is 23.2 Å². The normalized spacial score (nSPS) is 11.0.